The summed E-state index contributed by atoms with van der Waals surface area (Å²) in [7, 11) is 0. The lowest BCUT2D eigenvalue weighted by Gasteiger charge is -2.35. The molecule has 0 aliphatic carbocycles. The molecule has 2 aliphatic heterocycles. The minimum absolute atomic E-state index is 0.0329. The fourth-order valence-corrected chi connectivity index (χ4v) is 3.49. The van der Waals surface area contributed by atoms with E-state index in [0.717, 1.165) is 31.7 Å². The summed E-state index contributed by atoms with van der Waals surface area (Å²) in [6.45, 7) is 5.92. The van der Waals surface area contributed by atoms with Crippen molar-refractivity contribution in [3.8, 4) is 0 Å². The van der Waals surface area contributed by atoms with E-state index in [2.05, 4.69) is 9.88 Å². The van der Waals surface area contributed by atoms with Crippen molar-refractivity contribution in [1.29, 1.82) is 0 Å². The van der Waals surface area contributed by atoms with Crippen LogP contribution in [0.5, 0.6) is 0 Å². The predicted molar refractivity (Wildman–Crippen MR) is 93.1 cm³/mol. The number of piperazine rings is 1. The van der Waals surface area contributed by atoms with Gasteiger partial charge in [-0.1, -0.05) is 12.8 Å². The summed E-state index contributed by atoms with van der Waals surface area (Å²) in [5.74, 6) is 0.928. The molecule has 3 rings (SSSR count). The van der Waals surface area contributed by atoms with Crippen LogP contribution in [-0.4, -0.2) is 65.9 Å². The van der Waals surface area contributed by atoms with Crippen LogP contribution in [0.25, 0.3) is 0 Å². The van der Waals surface area contributed by atoms with Gasteiger partial charge in [0.1, 0.15) is 5.82 Å². The van der Waals surface area contributed by atoms with E-state index in [4.69, 9.17) is 0 Å². The van der Waals surface area contributed by atoms with Crippen LogP contribution in [-0.2, 0) is 4.79 Å². The van der Waals surface area contributed by atoms with Crippen molar-refractivity contribution in [2.75, 3.05) is 44.2 Å². The molecule has 24 heavy (non-hydrogen) atoms. The number of nitrogens with zero attached hydrogens (tertiary/aromatic N) is 4. The summed E-state index contributed by atoms with van der Waals surface area (Å²) in [5, 5.41) is 0. The average molecular weight is 330 g/mol. The highest BCUT2D eigenvalue weighted by atomic mass is 16.2. The minimum atomic E-state index is 0.0329. The van der Waals surface area contributed by atoms with E-state index in [1.165, 1.54) is 12.8 Å². The second kappa shape index (κ2) is 7.64. The summed E-state index contributed by atoms with van der Waals surface area (Å²) in [5.41, 5.74) is 0.690. The Morgan fingerprint density at radius 1 is 0.917 bits per heavy atom. The molecule has 1 aromatic heterocycles. The maximum Gasteiger partial charge on any atom is 0.257 e. The Labute approximate surface area is 143 Å². The van der Waals surface area contributed by atoms with Gasteiger partial charge in [0.2, 0.25) is 5.91 Å². The topological polar surface area (TPSA) is 56.8 Å². The number of rotatable bonds is 2. The Hall–Kier alpha value is -2.11. The van der Waals surface area contributed by atoms with E-state index in [1.54, 1.807) is 18.0 Å². The third-order valence-electron chi connectivity index (χ3n) is 4.93. The molecular weight excluding hydrogens is 304 g/mol. The summed E-state index contributed by atoms with van der Waals surface area (Å²) in [4.78, 5) is 34.8. The maximum absolute atomic E-state index is 13.0. The first-order chi connectivity index (χ1) is 11.7. The Balaban J connectivity index is 1.74. The molecule has 130 valence electrons. The summed E-state index contributed by atoms with van der Waals surface area (Å²) >= 11 is 0. The van der Waals surface area contributed by atoms with Crippen LogP contribution in [0.4, 0.5) is 5.82 Å². The largest absolute Gasteiger partial charge is 0.356 e. The third-order valence-corrected chi connectivity index (χ3v) is 4.93. The number of anilines is 1. The first-order valence-corrected chi connectivity index (χ1v) is 8.91. The van der Waals surface area contributed by atoms with E-state index in [9.17, 15) is 9.59 Å². The lowest BCUT2D eigenvalue weighted by molar-refractivity contribution is -0.130. The van der Waals surface area contributed by atoms with Crippen molar-refractivity contribution < 1.29 is 9.59 Å². The summed E-state index contributed by atoms with van der Waals surface area (Å²) < 4.78 is 0. The van der Waals surface area contributed by atoms with Crippen LogP contribution in [0.15, 0.2) is 18.3 Å². The highest BCUT2D eigenvalue weighted by Crippen LogP contribution is 2.23. The van der Waals surface area contributed by atoms with Gasteiger partial charge in [0, 0.05) is 52.4 Å². The molecule has 2 saturated heterocycles. The van der Waals surface area contributed by atoms with Gasteiger partial charge in [0.25, 0.3) is 5.91 Å². The number of carbonyl (C=O) groups excluding carboxylic acids is 2. The smallest absolute Gasteiger partial charge is 0.257 e. The van der Waals surface area contributed by atoms with Crippen molar-refractivity contribution in [3.63, 3.8) is 0 Å². The van der Waals surface area contributed by atoms with Crippen molar-refractivity contribution in [3.05, 3.63) is 23.9 Å². The molecular formula is C18H26N4O2. The third kappa shape index (κ3) is 3.68. The molecule has 3 heterocycles. The minimum Gasteiger partial charge on any atom is -0.356 e. The first kappa shape index (κ1) is 16.7. The predicted octanol–water partition coefficient (Wildman–Crippen LogP) is 1.77. The van der Waals surface area contributed by atoms with Crippen molar-refractivity contribution in [1.82, 2.24) is 14.8 Å². The number of hydrogen-bond acceptors (Lipinski definition) is 4. The van der Waals surface area contributed by atoms with E-state index < -0.39 is 0 Å². The van der Waals surface area contributed by atoms with Gasteiger partial charge in [0.15, 0.2) is 0 Å². The molecule has 0 saturated carbocycles. The molecule has 0 radical (unpaired) electrons. The van der Waals surface area contributed by atoms with Crippen molar-refractivity contribution in [2.24, 2.45) is 0 Å². The van der Waals surface area contributed by atoms with Gasteiger partial charge >= 0.3 is 0 Å². The van der Waals surface area contributed by atoms with Crippen LogP contribution in [0.2, 0.25) is 0 Å². The van der Waals surface area contributed by atoms with Crippen LogP contribution in [0.1, 0.15) is 43.0 Å². The molecule has 0 N–H and O–H groups in total. The van der Waals surface area contributed by atoms with Crippen LogP contribution in [0, 0.1) is 0 Å². The van der Waals surface area contributed by atoms with Gasteiger partial charge < -0.3 is 14.7 Å². The van der Waals surface area contributed by atoms with Crippen LogP contribution >= 0.6 is 0 Å². The summed E-state index contributed by atoms with van der Waals surface area (Å²) in [6, 6.07) is 3.72. The first-order valence-electron chi connectivity index (χ1n) is 8.91. The average Bonchev–Trinajstić information content (AvgIpc) is 2.90. The van der Waals surface area contributed by atoms with Crippen LogP contribution < -0.4 is 4.90 Å². The molecule has 0 spiro atoms. The Kier molecular flexibility index (Phi) is 5.33. The second-order valence-corrected chi connectivity index (χ2v) is 6.57. The number of carbonyl (C=O) groups is 2. The van der Waals surface area contributed by atoms with Gasteiger partial charge in [-0.3, -0.25) is 9.59 Å². The standard InChI is InChI=1S/C18H26N4O2/c1-15(23)20-11-13-22(14-12-20)18(24)16-7-6-8-19-17(16)21-9-4-2-3-5-10-21/h6-8H,2-5,9-14H2,1H3. The second-order valence-electron chi connectivity index (χ2n) is 6.57. The van der Waals surface area contributed by atoms with E-state index in [-0.39, 0.29) is 11.8 Å². The molecule has 2 amide bonds. The van der Waals surface area contributed by atoms with Gasteiger partial charge in [-0.25, -0.2) is 4.98 Å². The SMILES string of the molecule is CC(=O)N1CCN(C(=O)c2cccnc2N2CCCCCC2)CC1. The normalized spacial score (nSPS) is 19.1. The zero-order chi connectivity index (χ0) is 16.9. The monoisotopic (exact) mass is 330 g/mol. The van der Waals surface area contributed by atoms with E-state index in [0.29, 0.717) is 31.7 Å². The number of aromatic nitrogens is 1. The number of pyridine rings is 1. The molecule has 0 aromatic carbocycles. The summed E-state index contributed by atoms with van der Waals surface area (Å²) in [6.07, 6.45) is 6.58. The fourth-order valence-electron chi connectivity index (χ4n) is 3.49. The molecule has 2 fully saturated rings. The molecule has 0 bridgehead atoms. The van der Waals surface area contributed by atoms with Gasteiger partial charge in [-0.15, -0.1) is 0 Å². The van der Waals surface area contributed by atoms with Crippen molar-refractivity contribution in [2.45, 2.75) is 32.6 Å². The fraction of sp³-hybridized carbons (Fsp3) is 0.611. The lowest BCUT2D eigenvalue weighted by atomic mass is 10.2. The Morgan fingerprint density at radius 3 is 2.17 bits per heavy atom. The zero-order valence-corrected chi connectivity index (χ0v) is 14.4. The highest BCUT2D eigenvalue weighted by molar-refractivity contribution is 5.99. The molecule has 6 nitrogen and oxygen atoms in total. The maximum atomic E-state index is 13.0. The van der Waals surface area contributed by atoms with E-state index >= 15 is 0 Å². The molecule has 0 atom stereocenters. The molecule has 0 unspecified atom stereocenters. The highest BCUT2D eigenvalue weighted by Gasteiger charge is 2.26. The van der Waals surface area contributed by atoms with Crippen molar-refractivity contribution >= 4 is 17.6 Å². The lowest BCUT2D eigenvalue weighted by Crippen LogP contribution is -2.50. The Morgan fingerprint density at radius 2 is 1.54 bits per heavy atom. The molecule has 6 heteroatoms. The molecule has 1 aromatic rings. The van der Waals surface area contributed by atoms with Gasteiger partial charge in [-0.2, -0.15) is 0 Å². The van der Waals surface area contributed by atoms with Crippen LogP contribution in [0.3, 0.4) is 0 Å². The van der Waals surface area contributed by atoms with Gasteiger partial charge in [0.05, 0.1) is 5.56 Å². The number of amides is 2. The quantitative estimate of drug-likeness (QED) is 0.829. The number of hydrogen-bond donors (Lipinski definition) is 0. The zero-order valence-electron chi connectivity index (χ0n) is 14.4. The van der Waals surface area contributed by atoms with E-state index in [1.807, 2.05) is 17.0 Å². The van der Waals surface area contributed by atoms with Gasteiger partial charge in [-0.05, 0) is 25.0 Å². The Bertz CT molecular complexity index is 588. The molecule has 2 aliphatic rings.